The molecule has 0 radical (unpaired) electrons. The molecule has 0 heterocycles. The quantitative estimate of drug-likeness (QED) is 0.309. The second-order valence-corrected chi connectivity index (χ2v) is 8.45. The van der Waals surface area contributed by atoms with Crippen LogP contribution >= 0.6 is 67.8 Å². The van der Waals surface area contributed by atoms with E-state index in [9.17, 15) is 8.78 Å². The molecule has 0 N–H and O–H groups in total. The number of halogens is 5. The van der Waals surface area contributed by atoms with E-state index in [4.69, 9.17) is 9.47 Å². The van der Waals surface area contributed by atoms with Crippen LogP contribution in [0.25, 0.3) is 0 Å². The van der Waals surface area contributed by atoms with Crippen LogP contribution in [0.5, 0.6) is 11.5 Å². The molecule has 0 aliphatic rings. The Morgan fingerprint density at radius 2 is 1.23 bits per heavy atom. The summed E-state index contributed by atoms with van der Waals surface area (Å²) in [4.78, 5) is 0. The molecule has 0 saturated heterocycles. The van der Waals surface area contributed by atoms with E-state index in [2.05, 4.69) is 22.6 Å². The Bertz CT molecular complexity index is 597. The van der Waals surface area contributed by atoms with Crippen molar-refractivity contribution in [3.63, 3.8) is 0 Å². The van der Waals surface area contributed by atoms with Crippen molar-refractivity contribution in [2.24, 2.45) is 0 Å². The summed E-state index contributed by atoms with van der Waals surface area (Å²) in [5, 5.41) is 0. The zero-order chi connectivity index (χ0) is 16.1. The standard InChI is InChI=1S/C15H11F2I3O2/c16-9-1-3-14(12(19)5-9)21-7-11(18)8-22-15-4-2-10(17)6-13(15)20/h1-6,11H,7-8H2. The summed E-state index contributed by atoms with van der Waals surface area (Å²) in [6, 6.07) is 8.83. The summed E-state index contributed by atoms with van der Waals surface area (Å²) in [6.45, 7) is 0.889. The number of alkyl halides is 1. The van der Waals surface area contributed by atoms with Gasteiger partial charge >= 0.3 is 0 Å². The van der Waals surface area contributed by atoms with E-state index in [1.165, 1.54) is 24.3 Å². The maximum absolute atomic E-state index is 13.0. The second kappa shape index (κ2) is 8.81. The predicted molar refractivity (Wildman–Crippen MR) is 107 cm³/mol. The molecule has 7 heteroatoms. The molecule has 0 spiro atoms. The molecule has 0 saturated carbocycles. The van der Waals surface area contributed by atoms with Gasteiger partial charge in [-0.25, -0.2) is 8.78 Å². The van der Waals surface area contributed by atoms with Gasteiger partial charge in [-0.15, -0.1) is 0 Å². The van der Waals surface area contributed by atoms with Crippen LogP contribution in [-0.2, 0) is 0 Å². The molecule has 2 aromatic carbocycles. The molecular formula is C15H11F2I3O2. The van der Waals surface area contributed by atoms with E-state index in [0.29, 0.717) is 24.7 Å². The molecule has 0 fully saturated rings. The Labute approximate surface area is 168 Å². The summed E-state index contributed by atoms with van der Waals surface area (Å²) < 4.78 is 38.9. The Kier molecular flexibility index (Phi) is 7.38. The third-order valence-corrected chi connectivity index (χ3v) is 5.03. The first-order chi connectivity index (χ1) is 10.5. The van der Waals surface area contributed by atoms with Crippen molar-refractivity contribution < 1.29 is 18.3 Å². The maximum Gasteiger partial charge on any atom is 0.132 e. The highest BCUT2D eigenvalue weighted by atomic mass is 127. The van der Waals surface area contributed by atoms with Crippen molar-refractivity contribution in [1.29, 1.82) is 0 Å². The lowest BCUT2D eigenvalue weighted by atomic mass is 10.3. The molecule has 22 heavy (non-hydrogen) atoms. The van der Waals surface area contributed by atoms with E-state index < -0.39 is 0 Å². The van der Waals surface area contributed by atoms with Crippen LogP contribution in [0, 0.1) is 18.8 Å². The monoisotopic (exact) mass is 642 g/mol. The summed E-state index contributed by atoms with van der Waals surface area (Å²) in [7, 11) is 0. The Hall–Kier alpha value is 0.0900. The lowest BCUT2D eigenvalue weighted by Crippen LogP contribution is -2.20. The second-order valence-electron chi connectivity index (χ2n) is 4.37. The molecule has 2 nitrogen and oxygen atoms in total. The third-order valence-electron chi connectivity index (χ3n) is 2.63. The summed E-state index contributed by atoms with van der Waals surface area (Å²) in [5.74, 6) is 0.744. The maximum atomic E-state index is 13.0. The van der Waals surface area contributed by atoms with Crippen LogP contribution in [0.15, 0.2) is 36.4 Å². The summed E-state index contributed by atoms with van der Waals surface area (Å²) in [5.41, 5.74) is 0. The van der Waals surface area contributed by atoms with E-state index in [-0.39, 0.29) is 15.6 Å². The fourth-order valence-electron chi connectivity index (χ4n) is 1.59. The molecular weight excluding hydrogens is 631 g/mol. The van der Waals surface area contributed by atoms with Crippen LogP contribution in [0.3, 0.4) is 0 Å². The molecule has 0 bridgehead atoms. The van der Waals surface area contributed by atoms with Gasteiger partial charge in [0, 0.05) is 0 Å². The van der Waals surface area contributed by atoms with Gasteiger partial charge in [0.05, 0.1) is 11.1 Å². The van der Waals surface area contributed by atoms with Crippen molar-refractivity contribution >= 4 is 67.8 Å². The normalized spacial score (nSPS) is 10.8. The van der Waals surface area contributed by atoms with Gasteiger partial charge in [0.1, 0.15) is 36.3 Å². The molecule has 2 rings (SSSR count). The van der Waals surface area contributed by atoms with Gasteiger partial charge in [-0.05, 0) is 81.6 Å². The Balaban J connectivity index is 1.84. The highest BCUT2D eigenvalue weighted by Gasteiger charge is 2.10. The predicted octanol–water partition coefficient (Wildman–Crippen LogP) is 5.44. The van der Waals surface area contributed by atoms with Gasteiger partial charge in [0.25, 0.3) is 0 Å². The van der Waals surface area contributed by atoms with Gasteiger partial charge in [0.2, 0.25) is 0 Å². The number of rotatable bonds is 6. The fourth-order valence-corrected chi connectivity index (χ4v) is 3.22. The topological polar surface area (TPSA) is 18.5 Å². The average molecular weight is 642 g/mol. The molecule has 0 amide bonds. The van der Waals surface area contributed by atoms with Gasteiger partial charge in [-0.1, -0.05) is 22.6 Å². The minimum absolute atomic E-state index is 0.110. The van der Waals surface area contributed by atoms with Crippen LogP contribution in [-0.4, -0.2) is 17.1 Å². The molecule has 0 aromatic heterocycles. The van der Waals surface area contributed by atoms with Gasteiger partial charge in [0.15, 0.2) is 0 Å². The number of hydrogen-bond acceptors (Lipinski definition) is 2. The van der Waals surface area contributed by atoms with Crippen LogP contribution in [0.1, 0.15) is 0 Å². The number of hydrogen-bond donors (Lipinski definition) is 0. The van der Waals surface area contributed by atoms with Gasteiger partial charge < -0.3 is 9.47 Å². The van der Waals surface area contributed by atoms with Gasteiger partial charge in [-0.2, -0.15) is 0 Å². The largest absolute Gasteiger partial charge is 0.491 e. The van der Waals surface area contributed by atoms with Crippen LogP contribution in [0.4, 0.5) is 8.78 Å². The molecule has 0 unspecified atom stereocenters. The van der Waals surface area contributed by atoms with E-state index in [1.807, 2.05) is 45.2 Å². The van der Waals surface area contributed by atoms with Crippen molar-refractivity contribution in [2.75, 3.05) is 13.2 Å². The Morgan fingerprint density at radius 1 is 0.818 bits per heavy atom. The van der Waals surface area contributed by atoms with E-state index in [0.717, 1.165) is 7.14 Å². The highest BCUT2D eigenvalue weighted by molar-refractivity contribution is 14.1. The summed E-state index contributed by atoms with van der Waals surface area (Å²) in [6.07, 6.45) is 0. The van der Waals surface area contributed by atoms with Crippen molar-refractivity contribution in [2.45, 2.75) is 3.92 Å². The zero-order valence-electron chi connectivity index (χ0n) is 11.2. The van der Waals surface area contributed by atoms with Gasteiger partial charge in [-0.3, -0.25) is 0 Å². The lowest BCUT2D eigenvalue weighted by Gasteiger charge is -2.14. The number of ether oxygens (including phenoxy) is 2. The van der Waals surface area contributed by atoms with Crippen LogP contribution in [0.2, 0.25) is 0 Å². The molecule has 0 atom stereocenters. The minimum atomic E-state index is -0.281. The highest BCUT2D eigenvalue weighted by Crippen LogP contribution is 2.24. The fraction of sp³-hybridized carbons (Fsp3) is 0.200. The first-order valence-corrected chi connectivity index (χ1v) is 9.66. The molecule has 2 aromatic rings. The Morgan fingerprint density at radius 3 is 1.59 bits per heavy atom. The third kappa shape index (κ3) is 5.62. The average Bonchev–Trinajstić information content (AvgIpc) is 2.45. The molecule has 0 aliphatic carbocycles. The first kappa shape index (κ1) is 18.4. The number of benzene rings is 2. The van der Waals surface area contributed by atoms with Crippen molar-refractivity contribution in [3.8, 4) is 11.5 Å². The van der Waals surface area contributed by atoms with E-state index in [1.54, 1.807) is 12.1 Å². The SMILES string of the molecule is Fc1ccc(OCC(I)COc2ccc(F)cc2I)c(I)c1. The van der Waals surface area contributed by atoms with Crippen LogP contribution < -0.4 is 9.47 Å². The smallest absolute Gasteiger partial charge is 0.132 e. The summed E-state index contributed by atoms with van der Waals surface area (Å²) >= 11 is 6.30. The lowest BCUT2D eigenvalue weighted by molar-refractivity contribution is 0.258. The van der Waals surface area contributed by atoms with Crippen molar-refractivity contribution in [3.05, 3.63) is 55.2 Å². The minimum Gasteiger partial charge on any atom is -0.491 e. The van der Waals surface area contributed by atoms with Crippen molar-refractivity contribution in [1.82, 2.24) is 0 Å². The molecule has 118 valence electrons. The van der Waals surface area contributed by atoms with E-state index >= 15 is 0 Å². The first-order valence-electron chi connectivity index (χ1n) is 6.25. The zero-order valence-corrected chi connectivity index (χ0v) is 17.6. The molecule has 0 aliphatic heterocycles.